The van der Waals surface area contributed by atoms with Gasteiger partial charge in [-0.2, -0.15) is 5.26 Å². The summed E-state index contributed by atoms with van der Waals surface area (Å²) < 4.78 is 13.6. The molecule has 2 atom stereocenters. The average molecular weight is 628 g/mol. The van der Waals surface area contributed by atoms with Crippen molar-refractivity contribution in [3.05, 3.63) is 84.7 Å². The lowest BCUT2D eigenvalue weighted by Gasteiger charge is -2.46. The van der Waals surface area contributed by atoms with Crippen molar-refractivity contribution in [3.63, 3.8) is 0 Å². The minimum atomic E-state index is -0.668. The molecular weight excluding hydrogens is 582 g/mol. The SMILES string of the molecule is CCCC(CC(C#N)(c1ccccc1)C1CCN(CC2CN(c3ccc(OSN(C)c4ccncc4)cc3)C2)CC1)OC(C)=O. The number of carbonyl (C=O) groups excluding carboxylic acids is 1. The van der Waals surface area contributed by atoms with E-state index < -0.39 is 5.41 Å². The third-order valence-electron chi connectivity index (χ3n) is 9.21. The quantitative estimate of drug-likeness (QED) is 0.108. The molecule has 0 amide bonds. The van der Waals surface area contributed by atoms with E-state index in [-0.39, 0.29) is 18.0 Å². The number of hydrogen-bond acceptors (Lipinski definition) is 9. The van der Waals surface area contributed by atoms with Crippen LogP contribution in [0, 0.1) is 23.2 Å². The van der Waals surface area contributed by atoms with Gasteiger partial charge in [-0.1, -0.05) is 43.7 Å². The molecule has 0 aliphatic carbocycles. The van der Waals surface area contributed by atoms with Crippen molar-refractivity contribution in [2.45, 2.75) is 57.5 Å². The number of likely N-dealkylation sites (tertiary alicyclic amines) is 1. The largest absolute Gasteiger partial charge is 0.462 e. The molecule has 2 fully saturated rings. The van der Waals surface area contributed by atoms with Gasteiger partial charge in [0.2, 0.25) is 0 Å². The Hall–Kier alpha value is -3.74. The van der Waals surface area contributed by atoms with Crippen LogP contribution in [0.25, 0.3) is 0 Å². The van der Waals surface area contributed by atoms with Crippen LogP contribution in [-0.4, -0.2) is 61.7 Å². The fourth-order valence-electron chi connectivity index (χ4n) is 6.85. The summed E-state index contributed by atoms with van der Waals surface area (Å²) in [5, 5.41) is 10.7. The highest BCUT2D eigenvalue weighted by Crippen LogP contribution is 2.43. The summed E-state index contributed by atoms with van der Waals surface area (Å²) in [4.78, 5) is 21.0. The van der Waals surface area contributed by atoms with Crippen molar-refractivity contribution in [2.24, 2.45) is 11.8 Å². The first kappa shape index (κ1) is 32.6. The van der Waals surface area contributed by atoms with Gasteiger partial charge in [0.05, 0.1) is 17.2 Å². The molecule has 2 aromatic carbocycles. The van der Waals surface area contributed by atoms with Crippen LogP contribution < -0.4 is 13.4 Å². The molecule has 2 aliphatic heterocycles. The second kappa shape index (κ2) is 15.5. The highest BCUT2D eigenvalue weighted by atomic mass is 32.2. The van der Waals surface area contributed by atoms with E-state index in [0.717, 1.165) is 75.4 Å². The molecule has 8 nitrogen and oxygen atoms in total. The Morgan fingerprint density at radius 2 is 1.78 bits per heavy atom. The van der Waals surface area contributed by atoms with E-state index in [1.165, 1.54) is 24.8 Å². The number of esters is 1. The molecule has 2 saturated heterocycles. The maximum atomic E-state index is 11.9. The van der Waals surface area contributed by atoms with E-state index in [9.17, 15) is 10.1 Å². The van der Waals surface area contributed by atoms with Crippen LogP contribution in [0.15, 0.2) is 79.1 Å². The Morgan fingerprint density at radius 1 is 1.09 bits per heavy atom. The van der Waals surface area contributed by atoms with Crippen LogP contribution in [0.3, 0.4) is 0 Å². The molecule has 0 spiro atoms. The van der Waals surface area contributed by atoms with E-state index >= 15 is 0 Å². The molecular formula is C36H45N5O3S. The summed E-state index contributed by atoms with van der Waals surface area (Å²) in [6.45, 7) is 8.72. The molecule has 238 valence electrons. The third kappa shape index (κ3) is 8.30. The lowest BCUT2D eigenvalue weighted by molar-refractivity contribution is -0.147. The number of ether oxygens (including phenoxy) is 1. The number of aromatic nitrogens is 1. The van der Waals surface area contributed by atoms with E-state index in [0.29, 0.717) is 12.3 Å². The Kier molecular flexibility index (Phi) is 11.2. The van der Waals surface area contributed by atoms with E-state index in [2.05, 4.69) is 52.0 Å². The summed E-state index contributed by atoms with van der Waals surface area (Å²) >= 11 is 1.29. The number of carbonyl (C=O) groups is 1. The zero-order valence-electron chi connectivity index (χ0n) is 26.7. The number of piperidine rings is 1. The molecule has 45 heavy (non-hydrogen) atoms. The summed E-state index contributed by atoms with van der Waals surface area (Å²) in [5.74, 6) is 1.40. The Balaban J connectivity index is 1.11. The molecule has 0 saturated carbocycles. The van der Waals surface area contributed by atoms with Gasteiger partial charge < -0.3 is 18.7 Å². The minimum Gasteiger partial charge on any atom is -0.462 e. The summed E-state index contributed by atoms with van der Waals surface area (Å²) in [6, 6.07) is 25.2. The molecule has 0 radical (unpaired) electrons. The molecule has 0 bridgehead atoms. The van der Waals surface area contributed by atoms with E-state index in [4.69, 9.17) is 8.92 Å². The molecule has 3 heterocycles. The maximum Gasteiger partial charge on any atom is 0.302 e. The van der Waals surface area contributed by atoms with Gasteiger partial charge in [0.15, 0.2) is 12.2 Å². The average Bonchev–Trinajstić information content (AvgIpc) is 3.05. The van der Waals surface area contributed by atoms with Crippen LogP contribution in [0.5, 0.6) is 5.75 Å². The smallest absolute Gasteiger partial charge is 0.302 e. The lowest BCUT2D eigenvalue weighted by atomic mass is 9.64. The summed E-state index contributed by atoms with van der Waals surface area (Å²) in [7, 11) is 1.97. The van der Waals surface area contributed by atoms with Crippen molar-refractivity contribution in [1.29, 1.82) is 5.26 Å². The minimum absolute atomic E-state index is 0.220. The lowest BCUT2D eigenvalue weighted by Crippen LogP contribution is -2.53. The Bertz CT molecular complexity index is 1390. The Labute approximate surface area is 272 Å². The number of nitrogens with zero attached hydrogens (tertiary/aromatic N) is 5. The maximum absolute atomic E-state index is 11.9. The standard InChI is InChI=1S/C36H45N5O3S/c1-4-8-35(43-28(2)42)23-36(27-37,30-9-6-5-7-10-30)31-17-21-40(22-18-31)24-29-25-41(26-29)33-11-13-34(14-12-33)44-45-39(3)32-15-19-38-20-16-32/h5-7,9-16,19-20,29,31,35H,4,8,17-18,21-26H2,1-3H3. The van der Waals surface area contributed by atoms with Crippen molar-refractivity contribution < 1.29 is 13.7 Å². The van der Waals surface area contributed by atoms with Gasteiger partial charge in [-0.3, -0.25) is 14.1 Å². The van der Waals surface area contributed by atoms with Crippen molar-refractivity contribution >= 4 is 29.6 Å². The van der Waals surface area contributed by atoms with Crippen LogP contribution in [-0.2, 0) is 14.9 Å². The number of hydrogen-bond donors (Lipinski definition) is 0. The first-order valence-electron chi connectivity index (χ1n) is 16.1. The van der Waals surface area contributed by atoms with E-state index in [1.54, 1.807) is 12.4 Å². The monoisotopic (exact) mass is 627 g/mol. The third-order valence-corrected chi connectivity index (χ3v) is 9.91. The van der Waals surface area contributed by atoms with Crippen LogP contribution >= 0.6 is 12.2 Å². The van der Waals surface area contributed by atoms with Gasteiger partial charge >= 0.3 is 5.97 Å². The second-order valence-corrected chi connectivity index (χ2v) is 13.2. The number of rotatable bonds is 14. The number of nitriles is 1. The van der Waals surface area contributed by atoms with Crippen molar-refractivity contribution in [2.75, 3.05) is 49.0 Å². The van der Waals surface area contributed by atoms with Gasteiger partial charge in [0, 0.05) is 64.0 Å². The van der Waals surface area contributed by atoms with Gasteiger partial charge in [-0.25, -0.2) is 0 Å². The number of benzene rings is 2. The Morgan fingerprint density at radius 3 is 2.40 bits per heavy atom. The molecule has 9 heteroatoms. The molecule has 2 unspecified atom stereocenters. The van der Waals surface area contributed by atoms with Gasteiger partial charge in [-0.05, 0) is 80.2 Å². The molecule has 1 aromatic heterocycles. The number of anilines is 2. The second-order valence-electron chi connectivity index (χ2n) is 12.4. The van der Waals surface area contributed by atoms with Gasteiger partial charge in [0.1, 0.15) is 11.9 Å². The van der Waals surface area contributed by atoms with Crippen LogP contribution in [0.1, 0.15) is 51.5 Å². The zero-order chi connectivity index (χ0) is 31.6. The number of pyridine rings is 1. The topological polar surface area (TPSA) is 81.9 Å². The highest BCUT2D eigenvalue weighted by Gasteiger charge is 2.44. The predicted molar refractivity (Wildman–Crippen MR) is 181 cm³/mol. The molecule has 5 rings (SSSR count). The molecule has 2 aliphatic rings. The fraction of sp³-hybridized carbons (Fsp3) is 0.472. The first-order valence-corrected chi connectivity index (χ1v) is 16.8. The van der Waals surface area contributed by atoms with Crippen molar-refractivity contribution in [3.8, 4) is 11.8 Å². The first-order chi connectivity index (χ1) is 21.9. The molecule has 0 N–H and O–H groups in total. The normalized spacial score (nSPS) is 17.9. The van der Waals surface area contributed by atoms with Crippen molar-refractivity contribution in [1.82, 2.24) is 9.88 Å². The van der Waals surface area contributed by atoms with Crippen LogP contribution in [0.4, 0.5) is 11.4 Å². The van der Waals surface area contributed by atoms with E-state index in [1.807, 2.05) is 53.8 Å². The zero-order valence-corrected chi connectivity index (χ0v) is 27.5. The summed E-state index contributed by atoms with van der Waals surface area (Å²) in [5.41, 5.74) is 2.63. The highest BCUT2D eigenvalue weighted by molar-refractivity contribution is 7.96. The predicted octanol–water partition coefficient (Wildman–Crippen LogP) is 6.89. The molecule has 3 aromatic rings. The van der Waals surface area contributed by atoms with Gasteiger partial charge in [-0.15, -0.1) is 0 Å². The fourth-order valence-corrected chi connectivity index (χ4v) is 7.37. The summed E-state index contributed by atoms with van der Waals surface area (Å²) in [6.07, 6.45) is 7.45. The van der Waals surface area contributed by atoms with Gasteiger partial charge in [0.25, 0.3) is 0 Å². The van der Waals surface area contributed by atoms with Crippen LogP contribution in [0.2, 0.25) is 0 Å².